The molecule has 5 heteroatoms. The third kappa shape index (κ3) is 3.07. The fourth-order valence-corrected chi connectivity index (χ4v) is 2.71. The Morgan fingerprint density at radius 3 is 2.86 bits per heavy atom. The van der Waals surface area contributed by atoms with Gasteiger partial charge in [0.1, 0.15) is 5.69 Å². The van der Waals surface area contributed by atoms with E-state index in [4.69, 9.17) is 0 Å². The van der Waals surface area contributed by atoms with Gasteiger partial charge in [0.15, 0.2) is 0 Å². The highest BCUT2D eigenvalue weighted by Gasteiger charge is 2.15. The molecule has 5 nitrogen and oxygen atoms in total. The van der Waals surface area contributed by atoms with Gasteiger partial charge in [-0.2, -0.15) is 5.10 Å². The van der Waals surface area contributed by atoms with Gasteiger partial charge in [0.2, 0.25) is 0 Å². The molecule has 1 amide bonds. The van der Waals surface area contributed by atoms with E-state index < -0.39 is 0 Å². The minimum Gasteiger partial charge on any atom is -0.372 e. The topological polar surface area (TPSA) is 61.0 Å². The molecule has 1 atom stereocenters. The van der Waals surface area contributed by atoms with Crippen LogP contribution in [0.4, 0.5) is 5.69 Å². The Labute approximate surface area is 124 Å². The quantitative estimate of drug-likeness (QED) is 0.907. The molecule has 1 unspecified atom stereocenters. The van der Waals surface area contributed by atoms with E-state index in [1.165, 1.54) is 18.5 Å². The van der Waals surface area contributed by atoms with Crippen LogP contribution in [-0.2, 0) is 0 Å². The molecule has 3 rings (SSSR count). The SMILES string of the molecule is CC(NC(=O)c1ccn[nH]1)c1cccc(N2CCCC2)c1. The van der Waals surface area contributed by atoms with Gasteiger partial charge in [0, 0.05) is 25.0 Å². The summed E-state index contributed by atoms with van der Waals surface area (Å²) in [6, 6.07) is 10.0. The number of carbonyl (C=O) groups is 1. The van der Waals surface area contributed by atoms with Crippen LogP contribution in [0, 0.1) is 0 Å². The molecule has 0 saturated carbocycles. The maximum Gasteiger partial charge on any atom is 0.269 e. The van der Waals surface area contributed by atoms with Gasteiger partial charge in [-0.25, -0.2) is 0 Å². The third-order valence-corrected chi connectivity index (χ3v) is 3.93. The molecule has 0 aliphatic carbocycles. The Morgan fingerprint density at radius 2 is 2.14 bits per heavy atom. The zero-order valence-corrected chi connectivity index (χ0v) is 12.2. The molecule has 1 saturated heterocycles. The molecule has 1 aliphatic rings. The number of anilines is 1. The Bertz CT molecular complexity index is 602. The van der Waals surface area contributed by atoms with Gasteiger partial charge in [-0.1, -0.05) is 12.1 Å². The van der Waals surface area contributed by atoms with Crippen LogP contribution >= 0.6 is 0 Å². The zero-order valence-electron chi connectivity index (χ0n) is 12.2. The number of rotatable bonds is 4. The summed E-state index contributed by atoms with van der Waals surface area (Å²) >= 11 is 0. The predicted molar refractivity (Wildman–Crippen MR) is 82.4 cm³/mol. The van der Waals surface area contributed by atoms with Crippen molar-refractivity contribution >= 4 is 11.6 Å². The van der Waals surface area contributed by atoms with Crippen molar-refractivity contribution in [2.24, 2.45) is 0 Å². The van der Waals surface area contributed by atoms with Crippen LogP contribution in [0.2, 0.25) is 0 Å². The van der Waals surface area contributed by atoms with E-state index in [0.717, 1.165) is 18.7 Å². The number of amides is 1. The maximum atomic E-state index is 12.0. The summed E-state index contributed by atoms with van der Waals surface area (Å²) in [5.41, 5.74) is 2.84. The lowest BCUT2D eigenvalue weighted by molar-refractivity contribution is 0.0935. The van der Waals surface area contributed by atoms with Crippen molar-refractivity contribution in [1.82, 2.24) is 15.5 Å². The normalized spacial score (nSPS) is 16.0. The highest BCUT2D eigenvalue weighted by molar-refractivity contribution is 5.92. The average Bonchev–Trinajstić information content (AvgIpc) is 3.20. The Kier molecular flexibility index (Phi) is 3.90. The predicted octanol–water partition coefficient (Wildman–Crippen LogP) is 2.50. The Hall–Kier alpha value is -2.30. The van der Waals surface area contributed by atoms with Crippen LogP contribution in [0.25, 0.3) is 0 Å². The summed E-state index contributed by atoms with van der Waals surface area (Å²) in [4.78, 5) is 14.4. The number of hydrogen-bond acceptors (Lipinski definition) is 3. The lowest BCUT2D eigenvalue weighted by Gasteiger charge is -2.20. The second-order valence-corrected chi connectivity index (χ2v) is 5.45. The maximum absolute atomic E-state index is 12.0. The number of H-pyrrole nitrogens is 1. The van der Waals surface area contributed by atoms with Gasteiger partial charge in [-0.3, -0.25) is 9.89 Å². The monoisotopic (exact) mass is 284 g/mol. The van der Waals surface area contributed by atoms with Gasteiger partial charge in [0.25, 0.3) is 5.91 Å². The molecule has 0 radical (unpaired) electrons. The van der Waals surface area contributed by atoms with E-state index in [9.17, 15) is 4.79 Å². The average molecular weight is 284 g/mol. The second-order valence-electron chi connectivity index (χ2n) is 5.45. The number of aromatic amines is 1. The fourth-order valence-electron chi connectivity index (χ4n) is 2.71. The fraction of sp³-hybridized carbons (Fsp3) is 0.375. The van der Waals surface area contributed by atoms with Crippen molar-refractivity contribution in [2.75, 3.05) is 18.0 Å². The van der Waals surface area contributed by atoms with E-state index in [0.29, 0.717) is 5.69 Å². The largest absolute Gasteiger partial charge is 0.372 e. The van der Waals surface area contributed by atoms with Gasteiger partial charge >= 0.3 is 0 Å². The minimum absolute atomic E-state index is 0.0386. The van der Waals surface area contributed by atoms with Crippen molar-refractivity contribution in [3.63, 3.8) is 0 Å². The standard InChI is InChI=1S/C16H20N4O/c1-12(18-16(21)15-7-8-17-19-15)13-5-4-6-14(11-13)20-9-2-3-10-20/h4-8,11-12H,2-3,9-10H2,1H3,(H,17,19)(H,18,21). The van der Waals surface area contributed by atoms with Crippen molar-refractivity contribution < 1.29 is 4.79 Å². The highest BCUT2D eigenvalue weighted by atomic mass is 16.2. The number of benzene rings is 1. The molecule has 21 heavy (non-hydrogen) atoms. The molecule has 2 aromatic rings. The number of nitrogens with zero attached hydrogens (tertiary/aromatic N) is 2. The van der Waals surface area contributed by atoms with Crippen LogP contribution in [0.3, 0.4) is 0 Å². The Morgan fingerprint density at radius 1 is 1.33 bits per heavy atom. The van der Waals surface area contributed by atoms with Crippen LogP contribution in [0.5, 0.6) is 0 Å². The number of aromatic nitrogens is 2. The molecule has 2 heterocycles. The molecular weight excluding hydrogens is 264 g/mol. The molecular formula is C16H20N4O. The Balaban J connectivity index is 1.70. The summed E-state index contributed by atoms with van der Waals surface area (Å²) < 4.78 is 0. The van der Waals surface area contributed by atoms with E-state index >= 15 is 0 Å². The van der Waals surface area contributed by atoms with Gasteiger partial charge < -0.3 is 10.2 Å². The molecule has 1 aliphatic heterocycles. The lowest BCUT2D eigenvalue weighted by atomic mass is 10.1. The summed E-state index contributed by atoms with van der Waals surface area (Å²) in [7, 11) is 0. The summed E-state index contributed by atoms with van der Waals surface area (Å²) in [5.74, 6) is -0.133. The van der Waals surface area contributed by atoms with E-state index in [1.807, 2.05) is 6.92 Å². The number of nitrogens with one attached hydrogen (secondary N) is 2. The first-order valence-corrected chi connectivity index (χ1v) is 7.39. The van der Waals surface area contributed by atoms with Crippen molar-refractivity contribution in [3.8, 4) is 0 Å². The molecule has 110 valence electrons. The van der Waals surface area contributed by atoms with Crippen molar-refractivity contribution in [1.29, 1.82) is 0 Å². The van der Waals surface area contributed by atoms with Crippen LogP contribution in [0.15, 0.2) is 36.5 Å². The van der Waals surface area contributed by atoms with E-state index in [-0.39, 0.29) is 11.9 Å². The molecule has 1 fully saturated rings. The first-order valence-electron chi connectivity index (χ1n) is 7.39. The van der Waals surface area contributed by atoms with Crippen molar-refractivity contribution in [2.45, 2.75) is 25.8 Å². The second kappa shape index (κ2) is 5.99. The highest BCUT2D eigenvalue weighted by Crippen LogP contribution is 2.24. The zero-order chi connectivity index (χ0) is 14.7. The summed E-state index contributed by atoms with van der Waals surface area (Å²) in [6.07, 6.45) is 4.10. The van der Waals surface area contributed by atoms with Gasteiger partial charge in [0.05, 0.1) is 6.04 Å². The summed E-state index contributed by atoms with van der Waals surface area (Å²) in [5, 5.41) is 9.46. The van der Waals surface area contributed by atoms with Gasteiger partial charge in [-0.15, -0.1) is 0 Å². The van der Waals surface area contributed by atoms with Crippen LogP contribution < -0.4 is 10.2 Å². The smallest absolute Gasteiger partial charge is 0.269 e. The van der Waals surface area contributed by atoms with E-state index in [1.54, 1.807) is 12.3 Å². The summed E-state index contributed by atoms with van der Waals surface area (Å²) in [6.45, 7) is 4.24. The van der Waals surface area contributed by atoms with Crippen LogP contribution in [-0.4, -0.2) is 29.2 Å². The molecule has 0 bridgehead atoms. The number of carbonyl (C=O) groups excluding carboxylic acids is 1. The van der Waals surface area contributed by atoms with Gasteiger partial charge in [-0.05, 0) is 43.5 Å². The van der Waals surface area contributed by atoms with E-state index in [2.05, 4.69) is 44.7 Å². The van der Waals surface area contributed by atoms with Crippen LogP contribution in [0.1, 0.15) is 41.9 Å². The first-order chi connectivity index (χ1) is 10.2. The molecule has 1 aromatic heterocycles. The lowest BCUT2D eigenvalue weighted by Crippen LogP contribution is -2.27. The first kappa shape index (κ1) is 13.7. The van der Waals surface area contributed by atoms with Crippen molar-refractivity contribution in [3.05, 3.63) is 47.8 Å². The molecule has 2 N–H and O–H groups in total. The third-order valence-electron chi connectivity index (χ3n) is 3.93. The number of hydrogen-bond donors (Lipinski definition) is 2. The molecule has 1 aromatic carbocycles. The minimum atomic E-state index is -0.133. The molecule has 0 spiro atoms.